The smallest absolute Gasteiger partial charge is 0.239 e. The van der Waals surface area contributed by atoms with E-state index in [4.69, 9.17) is 11.6 Å². The molecule has 0 saturated carbocycles. The maximum absolute atomic E-state index is 12.7. The van der Waals surface area contributed by atoms with Crippen molar-refractivity contribution in [3.8, 4) is 0 Å². The van der Waals surface area contributed by atoms with Gasteiger partial charge >= 0.3 is 0 Å². The Balaban J connectivity index is 2.04. The number of anilines is 1. The summed E-state index contributed by atoms with van der Waals surface area (Å²) in [7, 11) is 0. The van der Waals surface area contributed by atoms with E-state index < -0.39 is 5.41 Å². The van der Waals surface area contributed by atoms with Crippen molar-refractivity contribution in [3.05, 3.63) is 64.7 Å². The second-order valence-electron chi connectivity index (χ2n) is 7.13. The molecule has 2 rings (SSSR count). The summed E-state index contributed by atoms with van der Waals surface area (Å²) in [5.74, 6) is -0.389. The molecule has 0 aliphatic carbocycles. The number of nitrogens with one attached hydrogen (secondary N) is 2. The predicted octanol–water partition coefficient (Wildman–Crippen LogP) is 4.74. The first-order valence-corrected chi connectivity index (χ1v) is 9.02. The third-order valence-electron chi connectivity index (χ3n) is 4.33. The van der Waals surface area contributed by atoms with Crippen molar-refractivity contribution >= 4 is 29.1 Å². The molecule has 2 aromatic rings. The average molecular weight is 373 g/mol. The molecule has 5 heteroatoms. The molecule has 0 bridgehead atoms. The molecule has 2 aromatic carbocycles. The lowest BCUT2D eigenvalue weighted by Gasteiger charge is -2.24. The Kier molecular flexibility index (Phi) is 6.43. The summed E-state index contributed by atoms with van der Waals surface area (Å²) in [6.45, 7) is 7.72. The highest BCUT2D eigenvalue weighted by Gasteiger charge is 2.36. The molecule has 0 spiro atoms. The van der Waals surface area contributed by atoms with Crippen molar-refractivity contribution in [2.45, 2.75) is 40.2 Å². The number of para-hydroxylation sites is 1. The van der Waals surface area contributed by atoms with Gasteiger partial charge in [-0.3, -0.25) is 9.59 Å². The van der Waals surface area contributed by atoms with Crippen molar-refractivity contribution in [3.63, 3.8) is 0 Å². The average Bonchev–Trinajstić information content (AvgIpc) is 2.61. The van der Waals surface area contributed by atoms with Gasteiger partial charge in [0.05, 0.1) is 0 Å². The second-order valence-corrected chi connectivity index (χ2v) is 7.57. The molecule has 0 atom stereocenters. The van der Waals surface area contributed by atoms with Crippen LogP contribution in [0.25, 0.3) is 0 Å². The Morgan fingerprint density at radius 2 is 1.62 bits per heavy atom. The van der Waals surface area contributed by atoms with Gasteiger partial charge in [-0.2, -0.15) is 0 Å². The topological polar surface area (TPSA) is 58.2 Å². The van der Waals surface area contributed by atoms with Crippen molar-refractivity contribution in [2.24, 2.45) is 5.41 Å². The van der Waals surface area contributed by atoms with Crippen LogP contribution in [0.1, 0.15) is 44.7 Å². The van der Waals surface area contributed by atoms with Gasteiger partial charge in [0, 0.05) is 17.3 Å². The number of rotatable bonds is 6. The zero-order valence-electron chi connectivity index (χ0n) is 15.6. The van der Waals surface area contributed by atoms with Gasteiger partial charge in [0.1, 0.15) is 5.41 Å². The van der Waals surface area contributed by atoms with Gasteiger partial charge in [0.2, 0.25) is 11.8 Å². The summed E-state index contributed by atoms with van der Waals surface area (Å²) in [6.07, 6.45) is 0. The van der Waals surface area contributed by atoms with Crippen molar-refractivity contribution in [1.29, 1.82) is 0 Å². The third-order valence-corrected chi connectivity index (χ3v) is 4.58. The van der Waals surface area contributed by atoms with E-state index in [1.807, 2.05) is 36.4 Å². The minimum atomic E-state index is -1.20. The van der Waals surface area contributed by atoms with E-state index in [2.05, 4.69) is 24.5 Å². The lowest BCUT2D eigenvalue weighted by atomic mass is 9.90. The first-order chi connectivity index (χ1) is 12.2. The number of hydrogen-bond acceptors (Lipinski definition) is 2. The zero-order valence-corrected chi connectivity index (χ0v) is 16.4. The van der Waals surface area contributed by atoms with Crippen LogP contribution in [0.4, 0.5) is 5.69 Å². The predicted molar refractivity (Wildman–Crippen MR) is 106 cm³/mol. The Labute approximate surface area is 159 Å². The van der Waals surface area contributed by atoms with E-state index in [0.717, 1.165) is 16.8 Å². The molecule has 0 unspecified atom stereocenters. The van der Waals surface area contributed by atoms with Crippen LogP contribution < -0.4 is 10.6 Å². The Morgan fingerprint density at radius 1 is 1.00 bits per heavy atom. The van der Waals surface area contributed by atoms with Gasteiger partial charge in [0.25, 0.3) is 0 Å². The molecule has 0 heterocycles. The molecule has 0 fully saturated rings. The van der Waals surface area contributed by atoms with Gasteiger partial charge in [-0.1, -0.05) is 55.8 Å². The number of hydrogen-bond donors (Lipinski definition) is 2. The minimum absolute atomic E-state index is 0.272. The van der Waals surface area contributed by atoms with Crippen LogP contribution in [0.5, 0.6) is 0 Å². The fraction of sp³-hybridized carbons (Fsp3) is 0.333. The maximum Gasteiger partial charge on any atom is 0.239 e. The molecule has 138 valence electrons. The number of amides is 2. The van der Waals surface area contributed by atoms with E-state index in [1.54, 1.807) is 26.0 Å². The SMILES string of the molecule is CC(C)c1ccccc1NC(=O)C(C)(C)C(=O)NCc1ccc(Cl)cc1. The van der Waals surface area contributed by atoms with Gasteiger partial charge in [0.15, 0.2) is 0 Å². The Bertz CT molecular complexity index is 783. The summed E-state index contributed by atoms with van der Waals surface area (Å²) in [5, 5.41) is 6.36. The maximum atomic E-state index is 12.7. The van der Waals surface area contributed by atoms with E-state index in [9.17, 15) is 9.59 Å². The van der Waals surface area contributed by atoms with Crippen LogP contribution in [-0.4, -0.2) is 11.8 Å². The van der Waals surface area contributed by atoms with Crippen molar-refractivity contribution < 1.29 is 9.59 Å². The van der Waals surface area contributed by atoms with Gasteiger partial charge in [-0.15, -0.1) is 0 Å². The van der Waals surface area contributed by atoms with Gasteiger partial charge in [-0.05, 0) is 49.1 Å². The fourth-order valence-corrected chi connectivity index (χ4v) is 2.63. The molecule has 0 aromatic heterocycles. The second kappa shape index (κ2) is 8.37. The molecular weight excluding hydrogens is 348 g/mol. The summed E-state index contributed by atoms with van der Waals surface area (Å²) in [6, 6.07) is 14.9. The lowest BCUT2D eigenvalue weighted by molar-refractivity contribution is -0.138. The summed E-state index contributed by atoms with van der Waals surface area (Å²) >= 11 is 5.86. The molecule has 0 aliphatic heterocycles. The molecule has 26 heavy (non-hydrogen) atoms. The van der Waals surface area contributed by atoms with E-state index in [1.165, 1.54) is 0 Å². The fourth-order valence-electron chi connectivity index (χ4n) is 2.50. The third kappa shape index (κ3) is 4.85. The zero-order chi connectivity index (χ0) is 19.3. The number of carbonyl (C=O) groups excluding carboxylic acids is 2. The molecule has 2 N–H and O–H groups in total. The highest BCUT2D eigenvalue weighted by Crippen LogP contribution is 2.26. The van der Waals surface area contributed by atoms with Crippen LogP contribution in [-0.2, 0) is 16.1 Å². The molecule has 4 nitrogen and oxygen atoms in total. The highest BCUT2D eigenvalue weighted by atomic mass is 35.5. The number of carbonyl (C=O) groups is 2. The Morgan fingerprint density at radius 3 is 2.23 bits per heavy atom. The minimum Gasteiger partial charge on any atom is -0.351 e. The van der Waals surface area contributed by atoms with Crippen molar-refractivity contribution in [2.75, 3.05) is 5.32 Å². The number of halogens is 1. The normalized spacial score (nSPS) is 11.3. The van der Waals surface area contributed by atoms with Gasteiger partial charge < -0.3 is 10.6 Å². The molecule has 2 amide bonds. The van der Waals surface area contributed by atoms with Crippen molar-refractivity contribution in [1.82, 2.24) is 5.32 Å². The first kappa shape index (κ1) is 20.0. The van der Waals surface area contributed by atoms with Crippen LogP contribution in [0.2, 0.25) is 5.02 Å². The Hall–Kier alpha value is -2.33. The largest absolute Gasteiger partial charge is 0.351 e. The van der Waals surface area contributed by atoms with E-state index >= 15 is 0 Å². The van der Waals surface area contributed by atoms with Crippen LogP contribution in [0, 0.1) is 5.41 Å². The van der Waals surface area contributed by atoms with Crippen LogP contribution in [0.15, 0.2) is 48.5 Å². The van der Waals surface area contributed by atoms with E-state index in [0.29, 0.717) is 11.6 Å². The van der Waals surface area contributed by atoms with Gasteiger partial charge in [-0.25, -0.2) is 0 Å². The molecule has 0 radical (unpaired) electrons. The quantitative estimate of drug-likeness (QED) is 0.719. The lowest BCUT2D eigenvalue weighted by Crippen LogP contribution is -2.45. The monoisotopic (exact) mass is 372 g/mol. The van der Waals surface area contributed by atoms with Crippen LogP contribution >= 0.6 is 11.6 Å². The number of benzene rings is 2. The highest BCUT2D eigenvalue weighted by molar-refractivity contribution is 6.30. The van der Waals surface area contributed by atoms with Crippen LogP contribution in [0.3, 0.4) is 0 Å². The molecule has 0 aliphatic rings. The van der Waals surface area contributed by atoms with E-state index in [-0.39, 0.29) is 17.7 Å². The summed E-state index contributed by atoms with van der Waals surface area (Å²) < 4.78 is 0. The first-order valence-electron chi connectivity index (χ1n) is 8.65. The summed E-state index contributed by atoms with van der Waals surface area (Å²) in [5.41, 5.74) is 1.50. The standard InChI is InChI=1S/C21H25ClN2O2/c1-14(2)17-7-5-6-8-18(17)24-20(26)21(3,4)19(25)23-13-15-9-11-16(22)12-10-15/h5-12,14H,13H2,1-4H3,(H,23,25)(H,24,26). The molecular formula is C21H25ClN2O2. The summed E-state index contributed by atoms with van der Waals surface area (Å²) in [4.78, 5) is 25.3. The molecule has 0 saturated heterocycles.